The monoisotopic (exact) mass is 195 g/mol. The van der Waals surface area contributed by atoms with Gasteiger partial charge in [-0.05, 0) is 50.0 Å². The van der Waals surface area contributed by atoms with E-state index >= 15 is 0 Å². The molecular formula is C13H25N. The quantitative estimate of drug-likeness (QED) is 0.726. The molecule has 1 N–H and O–H groups in total. The van der Waals surface area contributed by atoms with Crippen LogP contribution in [0, 0.1) is 17.8 Å². The minimum atomic E-state index is 0.664. The Morgan fingerprint density at radius 1 is 1.07 bits per heavy atom. The molecule has 82 valence electrons. The van der Waals surface area contributed by atoms with Gasteiger partial charge in [-0.25, -0.2) is 0 Å². The molecule has 2 aliphatic carbocycles. The lowest BCUT2D eigenvalue weighted by atomic mass is 9.76. The minimum absolute atomic E-state index is 0.664. The highest BCUT2D eigenvalue weighted by atomic mass is 14.9. The van der Waals surface area contributed by atoms with E-state index in [1.54, 1.807) is 0 Å². The molecule has 14 heavy (non-hydrogen) atoms. The molecule has 0 heterocycles. The van der Waals surface area contributed by atoms with Crippen molar-refractivity contribution in [2.24, 2.45) is 17.8 Å². The summed E-state index contributed by atoms with van der Waals surface area (Å²) >= 11 is 0. The zero-order valence-corrected chi connectivity index (χ0v) is 9.76. The molecule has 1 heteroatoms. The first-order valence-electron chi connectivity index (χ1n) is 6.50. The highest BCUT2D eigenvalue weighted by Crippen LogP contribution is 2.46. The first-order chi connectivity index (χ1) is 6.77. The van der Waals surface area contributed by atoms with Gasteiger partial charge in [-0.3, -0.25) is 0 Å². The van der Waals surface area contributed by atoms with Crippen LogP contribution in [0.15, 0.2) is 0 Å². The zero-order chi connectivity index (χ0) is 9.97. The summed E-state index contributed by atoms with van der Waals surface area (Å²) in [6.45, 7) is 5.79. The van der Waals surface area contributed by atoms with Gasteiger partial charge in [-0.15, -0.1) is 0 Å². The fourth-order valence-electron chi connectivity index (χ4n) is 3.02. The van der Waals surface area contributed by atoms with Gasteiger partial charge in [0, 0.05) is 6.04 Å². The Hall–Kier alpha value is -0.0400. The normalized spacial score (nSPS) is 33.6. The highest BCUT2D eigenvalue weighted by Gasteiger charge is 2.37. The first kappa shape index (κ1) is 10.5. The summed E-state index contributed by atoms with van der Waals surface area (Å²) in [6, 6.07) is 0.664. The second-order valence-corrected chi connectivity index (χ2v) is 5.61. The average molecular weight is 195 g/mol. The molecule has 2 rings (SSSR count). The van der Waals surface area contributed by atoms with Crippen LogP contribution in [-0.2, 0) is 0 Å². The van der Waals surface area contributed by atoms with Crippen LogP contribution in [-0.4, -0.2) is 12.6 Å². The third kappa shape index (κ3) is 2.73. The zero-order valence-electron chi connectivity index (χ0n) is 9.76. The number of rotatable bonds is 4. The number of hydrogen-bond acceptors (Lipinski definition) is 1. The van der Waals surface area contributed by atoms with Crippen LogP contribution in [0.3, 0.4) is 0 Å². The van der Waals surface area contributed by atoms with Crippen molar-refractivity contribution in [3.63, 3.8) is 0 Å². The molecule has 2 atom stereocenters. The van der Waals surface area contributed by atoms with Crippen LogP contribution >= 0.6 is 0 Å². The Morgan fingerprint density at radius 3 is 2.43 bits per heavy atom. The Balaban J connectivity index is 1.80. The smallest absolute Gasteiger partial charge is 0.00104 e. The van der Waals surface area contributed by atoms with Crippen molar-refractivity contribution in [1.82, 2.24) is 5.32 Å². The number of nitrogens with one attached hydrogen (secondary N) is 1. The molecule has 2 fully saturated rings. The topological polar surface area (TPSA) is 12.0 Å². The molecule has 0 bridgehead atoms. The fourth-order valence-corrected chi connectivity index (χ4v) is 3.02. The van der Waals surface area contributed by atoms with Crippen LogP contribution in [0.2, 0.25) is 0 Å². The van der Waals surface area contributed by atoms with E-state index in [1.165, 1.54) is 45.1 Å². The third-order valence-corrected chi connectivity index (χ3v) is 3.98. The van der Waals surface area contributed by atoms with Crippen molar-refractivity contribution >= 4 is 0 Å². The average Bonchev–Trinajstić information content (AvgIpc) is 2.98. The Kier molecular flexibility index (Phi) is 3.48. The second kappa shape index (κ2) is 4.65. The van der Waals surface area contributed by atoms with Gasteiger partial charge in [0.2, 0.25) is 0 Å². The van der Waals surface area contributed by atoms with Crippen LogP contribution in [0.1, 0.15) is 52.4 Å². The minimum Gasteiger partial charge on any atom is -0.314 e. The molecular weight excluding hydrogens is 170 g/mol. The van der Waals surface area contributed by atoms with E-state index in [1.807, 2.05) is 0 Å². The Bertz CT molecular complexity index is 172. The predicted molar refractivity (Wildman–Crippen MR) is 61.3 cm³/mol. The predicted octanol–water partition coefficient (Wildman–Crippen LogP) is 3.20. The largest absolute Gasteiger partial charge is 0.314 e. The summed E-state index contributed by atoms with van der Waals surface area (Å²) in [7, 11) is 0. The highest BCUT2D eigenvalue weighted by molar-refractivity contribution is 4.88. The molecule has 1 nitrogen and oxygen atoms in total. The van der Waals surface area contributed by atoms with Gasteiger partial charge in [0.15, 0.2) is 0 Å². The number of hydrogen-bond donors (Lipinski definition) is 1. The standard InChI is InChI=1S/C13H25N/c1-10(2)14-9-12-5-3-4-6-13(12)11-7-8-11/h10-14H,3-9H2,1-2H3. The van der Waals surface area contributed by atoms with Gasteiger partial charge in [-0.2, -0.15) is 0 Å². The molecule has 0 amide bonds. The summed E-state index contributed by atoms with van der Waals surface area (Å²) in [5.74, 6) is 3.20. The second-order valence-electron chi connectivity index (χ2n) is 5.61. The van der Waals surface area contributed by atoms with Crippen molar-refractivity contribution in [2.45, 2.75) is 58.4 Å². The molecule has 0 aromatic heterocycles. The van der Waals surface area contributed by atoms with E-state index in [2.05, 4.69) is 19.2 Å². The van der Waals surface area contributed by atoms with Gasteiger partial charge < -0.3 is 5.32 Å². The molecule has 0 spiro atoms. The molecule has 2 unspecified atom stereocenters. The first-order valence-corrected chi connectivity index (χ1v) is 6.50. The van der Waals surface area contributed by atoms with Crippen LogP contribution < -0.4 is 5.32 Å². The lowest BCUT2D eigenvalue weighted by Gasteiger charge is -2.32. The van der Waals surface area contributed by atoms with Gasteiger partial charge in [0.25, 0.3) is 0 Å². The van der Waals surface area contributed by atoms with Crippen LogP contribution in [0.5, 0.6) is 0 Å². The summed E-state index contributed by atoms with van der Waals surface area (Å²) in [5, 5.41) is 3.63. The van der Waals surface area contributed by atoms with Crippen molar-refractivity contribution in [3.8, 4) is 0 Å². The summed E-state index contributed by atoms with van der Waals surface area (Å²) in [4.78, 5) is 0. The summed E-state index contributed by atoms with van der Waals surface area (Å²) in [5.41, 5.74) is 0. The third-order valence-electron chi connectivity index (χ3n) is 3.98. The molecule has 2 saturated carbocycles. The Labute approximate surface area is 88.7 Å². The molecule has 2 aliphatic rings. The van der Waals surface area contributed by atoms with E-state index in [4.69, 9.17) is 0 Å². The Morgan fingerprint density at radius 2 is 1.79 bits per heavy atom. The molecule has 0 aromatic rings. The lowest BCUT2D eigenvalue weighted by Crippen LogP contribution is -2.34. The molecule has 0 aliphatic heterocycles. The maximum absolute atomic E-state index is 3.63. The molecule has 0 aromatic carbocycles. The van der Waals surface area contributed by atoms with Gasteiger partial charge >= 0.3 is 0 Å². The van der Waals surface area contributed by atoms with Crippen LogP contribution in [0.4, 0.5) is 0 Å². The van der Waals surface area contributed by atoms with E-state index < -0.39 is 0 Å². The van der Waals surface area contributed by atoms with Gasteiger partial charge in [-0.1, -0.05) is 26.7 Å². The van der Waals surface area contributed by atoms with Crippen LogP contribution in [0.25, 0.3) is 0 Å². The maximum atomic E-state index is 3.63. The van der Waals surface area contributed by atoms with E-state index in [0.717, 1.165) is 17.8 Å². The summed E-state index contributed by atoms with van der Waals surface area (Å²) in [6.07, 6.45) is 9.05. The fraction of sp³-hybridized carbons (Fsp3) is 1.00. The summed E-state index contributed by atoms with van der Waals surface area (Å²) < 4.78 is 0. The van der Waals surface area contributed by atoms with Gasteiger partial charge in [0.1, 0.15) is 0 Å². The van der Waals surface area contributed by atoms with E-state index in [9.17, 15) is 0 Å². The van der Waals surface area contributed by atoms with Crippen molar-refractivity contribution in [3.05, 3.63) is 0 Å². The van der Waals surface area contributed by atoms with E-state index in [-0.39, 0.29) is 0 Å². The van der Waals surface area contributed by atoms with Gasteiger partial charge in [0.05, 0.1) is 0 Å². The maximum Gasteiger partial charge on any atom is 0.00104 e. The van der Waals surface area contributed by atoms with Crippen molar-refractivity contribution in [2.75, 3.05) is 6.54 Å². The SMILES string of the molecule is CC(C)NCC1CCCCC1C1CC1. The molecule has 0 radical (unpaired) electrons. The van der Waals surface area contributed by atoms with E-state index in [0.29, 0.717) is 6.04 Å². The lowest BCUT2D eigenvalue weighted by molar-refractivity contribution is 0.201. The van der Waals surface area contributed by atoms with Crippen molar-refractivity contribution < 1.29 is 0 Å². The molecule has 0 saturated heterocycles. The van der Waals surface area contributed by atoms with Crippen molar-refractivity contribution in [1.29, 1.82) is 0 Å².